The van der Waals surface area contributed by atoms with Crippen molar-refractivity contribution in [3.8, 4) is 5.75 Å². The van der Waals surface area contributed by atoms with E-state index in [2.05, 4.69) is 20.0 Å². The first-order chi connectivity index (χ1) is 9.15. The van der Waals surface area contributed by atoms with Gasteiger partial charge in [0.1, 0.15) is 5.75 Å². The molecule has 0 aliphatic rings. The number of halogens is 2. The van der Waals surface area contributed by atoms with Crippen molar-refractivity contribution >= 4 is 5.69 Å². The fraction of sp³-hybridized carbons (Fsp3) is 0.231. The molecule has 0 spiro atoms. The third-order valence-corrected chi connectivity index (χ3v) is 2.49. The molecule has 1 aromatic heterocycles. The minimum Gasteiger partial charge on any atom is -0.435 e. The van der Waals surface area contributed by atoms with Crippen LogP contribution in [0.5, 0.6) is 5.75 Å². The fourth-order valence-electron chi connectivity index (χ4n) is 1.59. The van der Waals surface area contributed by atoms with Crippen LogP contribution in [-0.4, -0.2) is 16.6 Å². The molecule has 0 fully saturated rings. The lowest BCUT2D eigenvalue weighted by molar-refractivity contribution is -0.0498. The summed E-state index contributed by atoms with van der Waals surface area (Å²) in [4.78, 5) is 8.17. The highest BCUT2D eigenvalue weighted by atomic mass is 19.3. The molecular weight excluding hydrogens is 252 g/mol. The van der Waals surface area contributed by atoms with E-state index < -0.39 is 6.61 Å². The zero-order chi connectivity index (χ0) is 13.7. The van der Waals surface area contributed by atoms with Crippen molar-refractivity contribution < 1.29 is 13.5 Å². The van der Waals surface area contributed by atoms with Crippen molar-refractivity contribution in [1.82, 2.24) is 9.97 Å². The lowest BCUT2D eigenvalue weighted by Gasteiger charge is -2.14. The van der Waals surface area contributed by atoms with Crippen molar-refractivity contribution in [2.45, 2.75) is 19.6 Å². The number of benzene rings is 1. The van der Waals surface area contributed by atoms with E-state index in [0.29, 0.717) is 0 Å². The quantitative estimate of drug-likeness (QED) is 0.901. The zero-order valence-electron chi connectivity index (χ0n) is 10.3. The van der Waals surface area contributed by atoms with Gasteiger partial charge in [0, 0.05) is 18.1 Å². The summed E-state index contributed by atoms with van der Waals surface area (Å²) in [6, 6.07) is 6.28. The van der Waals surface area contributed by atoms with Crippen LogP contribution in [0.4, 0.5) is 14.5 Å². The van der Waals surface area contributed by atoms with Crippen LogP contribution in [-0.2, 0) is 0 Å². The van der Waals surface area contributed by atoms with Gasteiger partial charge in [0.25, 0.3) is 0 Å². The normalized spacial score (nSPS) is 12.2. The van der Waals surface area contributed by atoms with Crippen LogP contribution in [0.1, 0.15) is 18.7 Å². The summed E-state index contributed by atoms with van der Waals surface area (Å²) >= 11 is 0. The molecule has 100 valence electrons. The highest BCUT2D eigenvalue weighted by molar-refractivity contribution is 5.47. The number of hydrogen-bond acceptors (Lipinski definition) is 4. The van der Waals surface area contributed by atoms with Gasteiger partial charge in [0.05, 0.1) is 17.9 Å². The molecule has 2 aromatic rings. The molecule has 0 saturated heterocycles. The van der Waals surface area contributed by atoms with Crippen LogP contribution < -0.4 is 10.1 Å². The summed E-state index contributed by atoms with van der Waals surface area (Å²) < 4.78 is 28.3. The van der Waals surface area contributed by atoms with Gasteiger partial charge >= 0.3 is 6.61 Å². The van der Waals surface area contributed by atoms with E-state index in [4.69, 9.17) is 0 Å². The summed E-state index contributed by atoms with van der Waals surface area (Å²) in [5, 5.41) is 3.19. The molecule has 1 N–H and O–H groups in total. The lowest BCUT2D eigenvalue weighted by Crippen LogP contribution is -2.08. The molecule has 1 heterocycles. The lowest BCUT2D eigenvalue weighted by atomic mass is 10.2. The Morgan fingerprint density at radius 3 is 2.47 bits per heavy atom. The summed E-state index contributed by atoms with van der Waals surface area (Å²) in [6.07, 6.45) is 4.89. The van der Waals surface area contributed by atoms with Gasteiger partial charge in [-0.05, 0) is 31.2 Å². The predicted molar refractivity (Wildman–Crippen MR) is 67.1 cm³/mol. The summed E-state index contributed by atoms with van der Waals surface area (Å²) in [6.45, 7) is -0.870. The van der Waals surface area contributed by atoms with E-state index in [1.807, 2.05) is 6.92 Å². The van der Waals surface area contributed by atoms with Gasteiger partial charge in [-0.1, -0.05) is 0 Å². The number of aromatic nitrogens is 2. The van der Waals surface area contributed by atoms with Gasteiger partial charge < -0.3 is 10.1 Å². The molecule has 0 bridgehead atoms. The Labute approximate surface area is 109 Å². The summed E-state index contributed by atoms with van der Waals surface area (Å²) in [5.41, 5.74) is 1.59. The Bertz CT molecular complexity index is 505. The van der Waals surface area contributed by atoms with Crippen LogP contribution in [0.15, 0.2) is 42.9 Å². The highest BCUT2D eigenvalue weighted by Gasteiger charge is 2.07. The number of anilines is 1. The van der Waals surface area contributed by atoms with Gasteiger partial charge in [0.15, 0.2) is 0 Å². The first kappa shape index (κ1) is 13.2. The van der Waals surface area contributed by atoms with E-state index >= 15 is 0 Å². The van der Waals surface area contributed by atoms with Gasteiger partial charge in [0.2, 0.25) is 0 Å². The SMILES string of the molecule is CC(Nc1ccc(OC(F)F)cc1)c1cnccn1. The average Bonchev–Trinajstić information content (AvgIpc) is 2.41. The Kier molecular flexibility index (Phi) is 4.22. The predicted octanol–water partition coefficient (Wildman–Crippen LogP) is 3.25. The Morgan fingerprint density at radius 2 is 1.89 bits per heavy atom. The average molecular weight is 265 g/mol. The van der Waals surface area contributed by atoms with Gasteiger partial charge in [-0.15, -0.1) is 0 Å². The Balaban J connectivity index is 1.99. The molecule has 1 unspecified atom stereocenters. The second-order valence-corrected chi connectivity index (χ2v) is 3.90. The maximum Gasteiger partial charge on any atom is 0.387 e. The summed E-state index contributed by atoms with van der Waals surface area (Å²) in [5.74, 6) is 0.132. The largest absolute Gasteiger partial charge is 0.435 e. The fourth-order valence-corrected chi connectivity index (χ4v) is 1.59. The van der Waals surface area contributed by atoms with Gasteiger partial charge in [-0.25, -0.2) is 0 Å². The molecule has 4 nitrogen and oxygen atoms in total. The number of rotatable bonds is 5. The van der Waals surface area contributed by atoms with Crippen molar-refractivity contribution in [3.63, 3.8) is 0 Å². The molecule has 0 radical (unpaired) electrons. The number of nitrogens with one attached hydrogen (secondary N) is 1. The van der Waals surface area contributed by atoms with Gasteiger partial charge in [-0.3, -0.25) is 9.97 Å². The number of alkyl halides is 2. The van der Waals surface area contributed by atoms with Crippen molar-refractivity contribution in [1.29, 1.82) is 0 Å². The monoisotopic (exact) mass is 265 g/mol. The molecule has 0 saturated carbocycles. The minimum absolute atomic E-state index is 0.0319. The van der Waals surface area contributed by atoms with Gasteiger partial charge in [-0.2, -0.15) is 8.78 Å². The number of ether oxygens (including phenoxy) is 1. The molecule has 0 aliphatic heterocycles. The summed E-state index contributed by atoms with van der Waals surface area (Å²) in [7, 11) is 0. The van der Waals surface area contributed by atoms with Crippen LogP contribution in [0.25, 0.3) is 0 Å². The Hall–Kier alpha value is -2.24. The first-order valence-corrected chi connectivity index (χ1v) is 5.72. The van der Waals surface area contributed by atoms with E-state index in [9.17, 15) is 8.78 Å². The molecule has 2 rings (SSSR count). The highest BCUT2D eigenvalue weighted by Crippen LogP contribution is 2.21. The third kappa shape index (κ3) is 3.87. The van der Waals surface area contributed by atoms with E-state index in [1.54, 1.807) is 30.7 Å². The first-order valence-electron chi connectivity index (χ1n) is 5.72. The van der Waals surface area contributed by atoms with E-state index in [1.165, 1.54) is 12.1 Å². The molecule has 19 heavy (non-hydrogen) atoms. The molecule has 0 amide bonds. The third-order valence-electron chi connectivity index (χ3n) is 2.49. The van der Waals surface area contributed by atoms with E-state index in [-0.39, 0.29) is 11.8 Å². The van der Waals surface area contributed by atoms with Crippen LogP contribution in [0.2, 0.25) is 0 Å². The molecule has 1 atom stereocenters. The standard InChI is InChI=1S/C13H13F2N3O/c1-9(12-8-16-6-7-17-12)18-10-2-4-11(5-3-10)19-13(14)15/h2-9,13,18H,1H3. The topological polar surface area (TPSA) is 47.0 Å². The maximum absolute atomic E-state index is 12.0. The minimum atomic E-state index is -2.81. The molecule has 6 heteroatoms. The maximum atomic E-state index is 12.0. The van der Waals surface area contributed by atoms with Crippen molar-refractivity contribution in [3.05, 3.63) is 48.5 Å². The van der Waals surface area contributed by atoms with Crippen LogP contribution in [0, 0.1) is 0 Å². The smallest absolute Gasteiger partial charge is 0.387 e. The van der Waals surface area contributed by atoms with E-state index in [0.717, 1.165) is 11.4 Å². The second kappa shape index (κ2) is 6.08. The van der Waals surface area contributed by atoms with Crippen LogP contribution >= 0.6 is 0 Å². The number of hydrogen-bond donors (Lipinski definition) is 1. The van der Waals surface area contributed by atoms with Crippen molar-refractivity contribution in [2.75, 3.05) is 5.32 Å². The molecular formula is C13H13F2N3O. The van der Waals surface area contributed by atoms with Crippen molar-refractivity contribution in [2.24, 2.45) is 0 Å². The second-order valence-electron chi connectivity index (χ2n) is 3.90. The Morgan fingerprint density at radius 1 is 1.16 bits per heavy atom. The number of nitrogens with zero attached hydrogens (tertiary/aromatic N) is 2. The van der Waals surface area contributed by atoms with Crippen LogP contribution in [0.3, 0.4) is 0 Å². The zero-order valence-corrected chi connectivity index (χ0v) is 10.3. The molecule has 1 aromatic carbocycles. The molecule has 0 aliphatic carbocycles.